The zero-order valence-corrected chi connectivity index (χ0v) is 13.6. The number of nitrogens with one attached hydrogen (secondary N) is 2. The Hall–Kier alpha value is -1.40. The molecule has 0 spiro atoms. The van der Waals surface area contributed by atoms with Gasteiger partial charge in [0.2, 0.25) is 5.91 Å². The molecule has 6 heteroatoms. The molecule has 2 heterocycles. The molecule has 1 aromatic heterocycles. The second kappa shape index (κ2) is 6.58. The van der Waals surface area contributed by atoms with Gasteiger partial charge in [-0.25, -0.2) is 4.79 Å². The molecule has 1 fully saturated rings. The van der Waals surface area contributed by atoms with Crippen LogP contribution in [0.4, 0.5) is 5.69 Å². The number of hydrogen-bond donors (Lipinski definition) is 2. The van der Waals surface area contributed by atoms with E-state index in [9.17, 15) is 9.59 Å². The minimum absolute atomic E-state index is 0.0122. The molecule has 21 heavy (non-hydrogen) atoms. The molecule has 5 nitrogen and oxygen atoms in total. The highest BCUT2D eigenvalue weighted by Crippen LogP contribution is 2.36. The van der Waals surface area contributed by atoms with Crippen molar-refractivity contribution < 1.29 is 14.3 Å². The fraction of sp³-hybridized carbons (Fsp3) is 0.600. The standard InChI is InChI=1S/C15H22N2O3S/c1-4-15(5-7-16-8-6-15)14(19)17-11-10(2)9-21-12(11)13(18)20-3/h9,16H,4-8H2,1-3H3,(H,17,19). The Balaban J connectivity index is 2.23. The first kappa shape index (κ1) is 16.0. The Labute approximate surface area is 129 Å². The summed E-state index contributed by atoms with van der Waals surface area (Å²) in [6, 6.07) is 0. The predicted molar refractivity (Wildman–Crippen MR) is 83.9 cm³/mol. The van der Waals surface area contributed by atoms with Crippen LogP contribution in [0.15, 0.2) is 5.38 Å². The minimum atomic E-state index is -0.403. The van der Waals surface area contributed by atoms with Crippen LogP contribution in [0.5, 0.6) is 0 Å². The molecule has 0 aliphatic carbocycles. The highest BCUT2D eigenvalue weighted by atomic mass is 32.1. The monoisotopic (exact) mass is 310 g/mol. The number of esters is 1. The van der Waals surface area contributed by atoms with Crippen LogP contribution in [0.1, 0.15) is 41.4 Å². The Kier molecular flexibility index (Phi) is 5.00. The number of hydrogen-bond acceptors (Lipinski definition) is 5. The first-order valence-corrected chi connectivity index (χ1v) is 8.10. The molecule has 0 unspecified atom stereocenters. The zero-order chi connectivity index (χ0) is 15.5. The number of anilines is 1. The lowest BCUT2D eigenvalue weighted by Gasteiger charge is -2.35. The number of thiophene rings is 1. The first-order chi connectivity index (χ1) is 10.0. The van der Waals surface area contributed by atoms with Gasteiger partial charge in [0, 0.05) is 0 Å². The van der Waals surface area contributed by atoms with Gasteiger partial charge in [0.15, 0.2) is 0 Å². The Morgan fingerprint density at radius 1 is 1.43 bits per heavy atom. The van der Waals surface area contributed by atoms with E-state index in [1.54, 1.807) is 0 Å². The number of carbonyl (C=O) groups is 2. The van der Waals surface area contributed by atoms with Crippen molar-refractivity contribution in [2.75, 3.05) is 25.5 Å². The van der Waals surface area contributed by atoms with E-state index >= 15 is 0 Å². The molecule has 0 atom stereocenters. The summed E-state index contributed by atoms with van der Waals surface area (Å²) in [7, 11) is 1.35. The summed E-state index contributed by atoms with van der Waals surface area (Å²) in [4.78, 5) is 25.0. The number of piperidine rings is 1. The van der Waals surface area contributed by atoms with Crippen molar-refractivity contribution in [3.63, 3.8) is 0 Å². The lowest BCUT2D eigenvalue weighted by molar-refractivity contribution is -0.127. The van der Waals surface area contributed by atoms with Gasteiger partial charge in [0.25, 0.3) is 0 Å². The Bertz CT molecular complexity index is 533. The molecule has 116 valence electrons. The van der Waals surface area contributed by atoms with Crippen LogP contribution in [0, 0.1) is 12.3 Å². The third-order valence-corrected chi connectivity index (χ3v) is 5.38. The van der Waals surface area contributed by atoms with Gasteiger partial charge in [-0.15, -0.1) is 11.3 Å². The number of ether oxygens (including phenoxy) is 1. The van der Waals surface area contributed by atoms with Crippen LogP contribution in [0.25, 0.3) is 0 Å². The third-order valence-electron chi connectivity index (χ3n) is 4.30. The lowest BCUT2D eigenvalue weighted by atomic mass is 9.76. The lowest BCUT2D eigenvalue weighted by Crippen LogP contribution is -2.44. The number of carbonyl (C=O) groups excluding carboxylic acids is 2. The SMILES string of the molecule is CCC1(C(=O)Nc2c(C)csc2C(=O)OC)CCNCC1. The maximum Gasteiger partial charge on any atom is 0.350 e. The maximum absolute atomic E-state index is 12.7. The Morgan fingerprint density at radius 3 is 2.67 bits per heavy atom. The van der Waals surface area contributed by atoms with Crippen LogP contribution in [-0.2, 0) is 9.53 Å². The summed E-state index contributed by atoms with van der Waals surface area (Å²) in [6.07, 6.45) is 2.45. The fourth-order valence-electron chi connectivity index (χ4n) is 2.74. The van der Waals surface area contributed by atoms with Crippen LogP contribution >= 0.6 is 11.3 Å². The molecular weight excluding hydrogens is 288 g/mol. The molecule has 1 amide bonds. The van der Waals surface area contributed by atoms with E-state index in [-0.39, 0.29) is 11.3 Å². The molecule has 0 bridgehead atoms. The number of amides is 1. The topological polar surface area (TPSA) is 67.4 Å². The van der Waals surface area contributed by atoms with E-state index in [0.29, 0.717) is 10.6 Å². The predicted octanol–water partition coefficient (Wildman–Crippen LogP) is 2.56. The quantitative estimate of drug-likeness (QED) is 0.839. The third kappa shape index (κ3) is 3.11. The van der Waals surface area contributed by atoms with Crippen LogP contribution < -0.4 is 10.6 Å². The van der Waals surface area contributed by atoms with Gasteiger partial charge in [-0.05, 0) is 50.2 Å². The van der Waals surface area contributed by atoms with Crippen molar-refractivity contribution in [1.82, 2.24) is 5.32 Å². The van der Waals surface area contributed by atoms with Gasteiger partial charge in [-0.1, -0.05) is 6.92 Å². The molecule has 1 aliphatic heterocycles. The highest BCUT2D eigenvalue weighted by molar-refractivity contribution is 7.12. The van der Waals surface area contributed by atoms with Crippen LogP contribution in [-0.4, -0.2) is 32.1 Å². The van der Waals surface area contributed by atoms with Crippen molar-refractivity contribution in [3.8, 4) is 0 Å². The van der Waals surface area contributed by atoms with E-state index in [1.807, 2.05) is 19.2 Å². The number of rotatable bonds is 4. The summed E-state index contributed by atoms with van der Waals surface area (Å²) in [5, 5.41) is 8.13. The molecule has 0 radical (unpaired) electrons. The zero-order valence-electron chi connectivity index (χ0n) is 12.7. The minimum Gasteiger partial charge on any atom is -0.465 e. The van der Waals surface area contributed by atoms with Crippen LogP contribution in [0.3, 0.4) is 0 Å². The van der Waals surface area contributed by atoms with Gasteiger partial charge in [-0.3, -0.25) is 4.79 Å². The Morgan fingerprint density at radius 2 is 2.10 bits per heavy atom. The first-order valence-electron chi connectivity index (χ1n) is 7.22. The molecule has 2 rings (SSSR count). The molecule has 1 aliphatic rings. The van der Waals surface area contributed by atoms with Gasteiger partial charge < -0.3 is 15.4 Å². The van der Waals surface area contributed by atoms with E-state index in [2.05, 4.69) is 10.6 Å². The van der Waals surface area contributed by atoms with Crippen LogP contribution in [0.2, 0.25) is 0 Å². The van der Waals surface area contributed by atoms with Crippen molar-refractivity contribution in [3.05, 3.63) is 15.8 Å². The summed E-state index contributed by atoms with van der Waals surface area (Å²) < 4.78 is 4.78. The summed E-state index contributed by atoms with van der Waals surface area (Å²) in [5.74, 6) is -0.391. The van der Waals surface area contributed by atoms with Crippen molar-refractivity contribution in [2.45, 2.75) is 33.1 Å². The van der Waals surface area contributed by atoms with Gasteiger partial charge in [0.1, 0.15) is 4.88 Å². The fourth-order valence-corrected chi connectivity index (χ4v) is 3.66. The van der Waals surface area contributed by atoms with E-state index in [0.717, 1.165) is 37.9 Å². The van der Waals surface area contributed by atoms with Gasteiger partial charge in [0.05, 0.1) is 18.2 Å². The highest BCUT2D eigenvalue weighted by Gasteiger charge is 2.38. The largest absolute Gasteiger partial charge is 0.465 e. The summed E-state index contributed by atoms with van der Waals surface area (Å²) in [5.41, 5.74) is 1.16. The number of methoxy groups -OCH3 is 1. The normalized spacial score (nSPS) is 17.3. The second-order valence-electron chi connectivity index (χ2n) is 5.45. The average Bonchev–Trinajstić information content (AvgIpc) is 2.88. The molecular formula is C15H22N2O3S. The molecule has 0 aromatic carbocycles. The van der Waals surface area contributed by atoms with Crippen molar-refractivity contribution in [1.29, 1.82) is 0 Å². The molecule has 1 aromatic rings. The summed E-state index contributed by atoms with van der Waals surface area (Å²) in [6.45, 7) is 5.65. The van der Waals surface area contributed by atoms with Gasteiger partial charge >= 0.3 is 5.97 Å². The second-order valence-corrected chi connectivity index (χ2v) is 6.33. The van der Waals surface area contributed by atoms with E-state index in [4.69, 9.17) is 4.74 Å². The average molecular weight is 310 g/mol. The smallest absolute Gasteiger partial charge is 0.350 e. The number of aryl methyl sites for hydroxylation is 1. The van der Waals surface area contributed by atoms with Crippen molar-refractivity contribution in [2.24, 2.45) is 5.41 Å². The molecule has 0 saturated carbocycles. The van der Waals surface area contributed by atoms with E-state index < -0.39 is 5.97 Å². The summed E-state index contributed by atoms with van der Waals surface area (Å²) >= 11 is 1.30. The molecule has 1 saturated heterocycles. The van der Waals surface area contributed by atoms with E-state index in [1.165, 1.54) is 18.4 Å². The molecule has 2 N–H and O–H groups in total. The van der Waals surface area contributed by atoms with Gasteiger partial charge in [-0.2, -0.15) is 0 Å². The van der Waals surface area contributed by atoms with Crippen molar-refractivity contribution >= 4 is 28.9 Å². The maximum atomic E-state index is 12.7.